The second kappa shape index (κ2) is 9.09. The minimum atomic E-state index is 0.00979. The first-order valence-corrected chi connectivity index (χ1v) is 13.3. The quantitative estimate of drug-likeness (QED) is 0.571. The summed E-state index contributed by atoms with van der Waals surface area (Å²) in [5.74, 6) is 1.73. The van der Waals surface area contributed by atoms with Crippen molar-refractivity contribution >= 4 is 22.8 Å². The number of ether oxygens (including phenoxy) is 2. The number of carbonyl (C=O) groups excluding carboxylic acids is 2. The molecule has 0 unspecified atom stereocenters. The Balaban J connectivity index is 1.01. The molecule has 0 radical (unpaired) electrons. The van der Waals surface area contributed by atoms with Gasteiger partial charge in [-0.25, -0.2) is 4.98 Å². The number of H-pyrrole nitrogens is 1. The number of fused-ring (bicyclic) bond motifs is 2. The molecule has 192 valence electrons. The third kappa shape index (κ3) is 4.33. The lowest BCUT2D eigenvalue weighted by Crippen LogP contribution is -2.35. The summed E-state index contributed by atoms with van der Waals surface area (Å²) in [6.45, 7) is 4.08. The Morgan fingerprint density at radius 1 is 0.865 bits per heavy atom. The summed E-state index contributed by atoms with van der Waals surface area (Å²) in [6.07, 6.45) is 5.78. The molecule has 1 aromatic carbocycles. The van der Waals surface area contributed by atoms with E-state index >= 15 is 0 Å². The highest BCUT2D eigenvalue weighted by molar-refractivity contribution is 5.97. The van der Waals surface area contributed by atoms with Crippen molar-refractivity contribution in [1.82, 2.24) is 30.2 Å². The van der Waals surface area contributed by atoms with Crippen LogP contribution in [0, 0.1) is 11.8 Å². The van der Waals surface area contributed by atoms with Crippen molar-refractivity contribution in [3.63, 3.8) is 0 Å². The van der Waals surface area contributed by atoms with Crippen LogP contribution in [0.4, 0.5) is 0 Å². The van der Waals surface area contributed by atoms with Gasteiger partial charge in [-0.1, -0.05) is 0 Å². The fourth-order valence-corrected chi connectivity index (χ4v) is 5.99. The van der Waals surface area contributed by atoms with E-state index < -0.39 is 0 Å². The molecule has 4 fully saturated rings. The van der Waals surface area contributed by atoms with Gasteiger partial charge in [0.05, 0.1) is 18.8 Å². The van der Waals surface area contributed by atoms with E-state index in [9.17, 15) is 9.59 Å². The van der Waals surface area contributed by atoms with Crippen molar-refractivity contribution < 1.29 is 19.1 Å². The molecule has 3 aliphatic heterocycles. The fraction of sp³-hybridized carbons (Fsp3) is 0.519. The Bertz CT molecular complexity index is 1330. The van der Waals surface area contributed by atoms with Gasteiger partial charge in [0, 0.05) is 68.2 Å². The van der Waals surface area contributed by atoms with Crippen molar-refractivity contribution in [1.29, 1.82) is 0 Å². The number of nitrogens with one attached hydrogen (secondary N) is 1. The van der Waals surface area contributed by atoms with Crippen LogP contribution in [0.3, 0.4) is 0 Å². The summed E-state index contributed by atoms with van der Waals surface area (Å²) >= 11 is 0. The molecule has 2 atom stereocenters. The van der Waals surface area contributed by atoms with E-state index in [-0.39, 0.29) is 29.8 Å². The Labute approximate surface area is 214 Å². The topological polar surface area (TPSA) is 114 Å². The maximum atomic E-state index is 13.4. The first kappa shape index (κ1) is 22.7. The van der Waals surface area contributed by atoms with Gasteiger partial charge in [-0.05, 0) is 43.0 Å². The summed E-state index contributed by atoms with van der Waals surface area (Å²) in [5.41, 5.74) is 3.75. The third-order valence-electron chi connectivity index (χ3n) is 8.21. The number of pyridine rings is 1. The standard InChI is InChI=1S/C27H30N6O4/c34-26(17-3-4-23-24(10-17)30-31-29-23)32-12-19-14-33(15-20(19)13-32)27(35)18-9-22(16-1-2-16)25(28-11-18)37-21-5-7-36-8-6-21/h3-4,9-11,16,19-21H,1-2,5-8,12-15H2,(H,29,30,31)/t19-,20-/m0/s1. The van der Waals surface area contributed by atoms with E-state index in [4.69, 9.17) is 9.47 Å². The predicted octanol–water partition coefficient (Wildman–Crippen LogP) is 2.63. The normalized spacial score (nSPS) is 24.0. The minimum absolute atomic E-state index is 0.00979. The number of likely N-dealkylation sites (tertiary alicyclic amines) is 2. The van der Waals surface area contributed by atoms with Crippen LogP contribution in [-0.4, -0.2) is 87.5 Å². The summed E-state index contributed by atoms with van der Waals surface area (Å²) < 4.78 is 11.7. The lowest BCUT2D eigenvalue weighted by atomic mass is 10.0. The van der Waals surface area contributed by atoms with Gasteiger partial charge in [0.2, 0.25) is 5.88 Å². The monoisotopic (exact) mass is 502 g/mol. The third-order valence-corrected chi connectivity index (χ3v) is 8.21. The van der Waals surface area contributed by atoms with Crippen molar-refractivity contribution in [3.05, 3.63) is 47.2 Å². The van der Waals surface area contributed by atoms with Crippen molar-refractivity contribution in [2.24, 2.45) is 11.8 Å². The van der Waals surface area contributed by atoms with Crippen LogP contribution in [0.5, 0.6) is 5.88 Å². The number of carbonyl (C=O) groups is 2. The number of aromatic amines is 1. The highest BCUT2D eigenvalue weighted by Crippen LogP contribution is 2.44. The second-order valence-electron chi connectivity index (χ2n) is 10.8. The Hall–Kier alpha value is -3.53. The zero-order valence-electron chi connectivity index (χ0n) is 20.6. The van der Waals surface area contributed by atoms with E-state index in [0.717, 1.165) is 50.0 Å². The van der Waals surface area contributed by atoms with Crippen LogP contribution in [0.1, 0.15) is 57.9 Å². The lowest BCUT2D eigenvalue weighted by molar-refractivity contribution is 0.0233. The van der Waals surface area contributed by atoms with Crippen LogP contribution in [0.15, 0.2) is 30.5 Å². The SMILES string of the molecule is O=C(c1cnc(OC2CCOCC2)c(C2CC2)c1)N1C[C@@H]2CN(C(=O)c3ccc4n[nH]nc4c3)C[C@H]2C1. The number of benzene rings is 1. The average Bonchev–Trinajstić information content (AvgIpc) is 3.33. The van der Waals surface area contributed by atoms with Gasteiger partial charge in [-0.15, -0.1) is 0 Å². The molecule has 7 rings (SSSR count). The maximum absolute atomic E-state index is 13.4. The second-order valence-corrected chi connectivity index (χ2v) is 10.8. The summed E-state index contributed by atoms with van der Waals surface area (Å²) in [7, 11) is 0. The van der Waals surface area contributed by atoms with E-state index in [2.05, 4.69) is 20.4 Å². The minimum Gasteiger partial charge on any atom is -0.474 e. The van der Waals surface area contributed by atoms with E-state index in [1.165, 1.54) is 0 Å². The van der Waals surface area contributed by atoms with E-state index in [1.807, 2.05) is 21.9 Å². The largest absolute Gasteiger partial charge is 0.474 e. The fourth-order valence-electron chi connectivity index (χ4n) is 5.99. The molecule has 1 aliphatic carbocycles. The van der Waals surface area contributed by atoms with Gasteiger partial charge in [0.1, 0.15) is 17.1 Å². The molecule has 37 heavy (non-hydrogen) atoms. The zero-order chi connectivity index (χ0) is 24.9. The number of hydrogen-bond acceptors (Lipinski definition) is 7. The number of amides is 2. The van der Waals surface area contributed by atoms with Gasteiger partial charge in [-0.3, -0.25) is 9.59 Å². The average molecular weight is 503 g/mol. The summed E-state index contributed by atoms with van der Waals surface area (Å²) in [6, 6.07) is 7.40. The van der Waals surface area contributed by atoms with E-state index in [0.29, 0.717) is 54.6 Å². The molecule has 1 N–H and O–H groups in total. The van der Waals surface area contributed by atoms with Crippen LogP contribution in [0.2, 0.25) is 0 Å². The Morgan fingerprint density at radius 3 is 2.24 bits per heavy atom. The molecule has 3 saturated heterocycles. The molecule has 0 spiro atoms. The molecule has 4 aliphatic rings. The van der Waals surface area contributed by atoms with Crippen molar-refractivity contribution in [3.8, 4) is 5.88 Å². The number of aromatic nitrogens is 4. The molecule has 2 aromatic heterocycles. The molecule has 10 nitrogen and oxygen atoms in total. The van der Waals surface area contributed by atoms with Crippen LogP contribution < -0.4 is 4.74 Å². The Morgan fingerprint density at radius 2 is 1.54 bits per heavy atom. The summed E-state index contributed by atoms with van der Waals surface area (Å²) in [5, 5.41) is 10.7. The highest BCUT2D eigenvalue weighted by Gasteiger charge is 2.43. The number of rotatable bonds is 5. The molecule has 2 amide bonds. The van der Waals surface area contributed by atoms with Gasteiger partial charge in [0.15, 0.2) is 0 Å². The number of hydrogen-bond donors (Lipinski definition) is 1. The zero-order valence-corrected chi connectivity index (χ0v) is 20.6. The molecule has 10 heteroatoms. The molecule has 1 saturated carbocycles. The van der Waals surface area contributed by atoms with Crippen molar-refractivity contribution in [2.75, 3.05) is 39.4 Å². The first-order chi connectivity index (χ1) is 18.1. The van der Waals surface area contributed by atoms with Crippen LogP contribution >= 0.6 is 0 Å². The van der Waals surface area contributed by atoms with Gasteiger partial charge >= 0.3 is 0 Å². The van der Waals surface area contributed by atoms with E-state index in [1.54, 1.807) is 18.3 Å². The van der Waals surface area contributed by atoms with Gasteiger partial charge < -0.3 is 19.3 Å². The molecule has 0 bridgehead atoms. The Kier molecular flexibility index (Phi) is 5.57. The van der Waals surface area contributed by atoms with Crippen LogP contribution in [0.25, 0.3) is 11.0 Å². The summed E-state index contributed by atoms with van der Waals surface area (Å²) in [4.78, 5) is 35.0. The molecular weight excluding hydrogens is 472 g/mol. The molecular formula is C27H30N6O4. The maximum Gasteiger partial charge on any atom is 0.255 e. The van der Waals surface area contributed by atoms with Gasteiger partial charge in [0.25, 0.3) is 11.8 Å². The lowest BCUT2D eigenvalue weighted by Gasteiger charge is -2.24. The van der Waals surface area contributed by atoms with Crippen LogP contribution in [-0.2, 0) is 4.74 Å². The molecule has 3 aromatic rings. The first-order valence-electron chi connectivity index (χ1n) is 13.3. The number of nitrogens with zero attached hydrogens (tertiary/aromatic N) is 5. The van der Waals surface area contributed by atoms with Gasteiger partial charge in [-0.2, -0.15) is 15.4 Å². The molecule has 5 heterocycles. The smallest absolute Gasteiger partial charge is 0.255 e. The highest BCUT2D eigenvalue weighted by atomic mass is 16.5. The van der Waals surface area contributed by atoms with Crippen molar-refractivity contribution in [2.45, 2.75) is 37.7 Å². The predicted molar refractivity (Wildman–Crippen MR) is 133 cm³/mol.